The Hall–Kier alpha value is -3.60. The number of aliphatic hydroxyl groups is 1. The summed E-state index contributed by atoms with van der Waals surface area (Å²) in [5.41, 5.74) is 6.13. The zero-order valence-electron chi connectivity index (χ0n) is 26.8. The van der Waals surface area contributed by atoms with E-state index in [0.29, 0.717) is 19.5 Å². The number of nitrogens with zero attached hydrogens (tertiary/aromatic N) is 1. The van der Waals surface area contributed by atoms with Gasteiger partial charge in [-0.25, -0.2) is 0 Å². The van der Waals surface area contributed by atoms with E-state index in [0.717, 1.165) is 91.9 Å². The van der Waals surface area contributed by atoms with Gasteiger partial charge in [0.15, 0.2) is 6.29 Å². The smallest absolute Gasteiger partial charge is 0.220 e. The molecule has 0 spiro atoms. The van der Waals surface area contributed by atoms with E-state index in [1.54, 1.807) is 0 Å². The summed E-state index contributed by atoms with van der Waals surface area (Å²) in [6.07, 6.45) is 3.22. The average Bonchev–Trinajstić information content (AvgIpc) is 3.09. The maximum absolute atomic E-state index is 12.4. The van der Waals surface area contributed by atoms with Gasteiger partial charge in [-0.2, -0.15) is 0 Å². The first kappa shape index (κ1) is 33.8. The fourth-order valence-electron chi connectivity index (χ4n) is 5.94. The summed E-state index contributed by atoms with van der Waals surface area (Å²) in [4.78, 5) is 25.7. The molecule has 0 aromatic heterocycles. The molecule has 0 unspecified atom stereocenters. The molecule has 2 amide bonds. The van der Waals surface area contributed by atoms with Crippen LogP contribution in [0.25, 0.3) is 11.1 Å². The van der Waals surface area contributed by atoms with Crippen LogP contribution in [0.2, 0.25) is 0 Å². The normalized spacial score (nSPS) is 20.3. The SMILES string of the molecule is CC(=O)NCCCCCC(=O)NCc1cccc(-c2ccc([C@@H]3O[C@H](CN4CCOCC4)C[C@H](c4ccc(CO)cc4)O3)cc2)c1. The largest absolute Gasteiger partial charge is 0.392 e. The van der Waals surface area contributed by atoms with Crippen molar-refractivity contribution in [1.29, 1.82) is 0 Å². The summed E-state index contributed by atoms with van der Waals surface area (Å²) >= 11 is 0. The lowest BCUT2D eigenvalue weighted by Gasteiger charge is -2.39. The molecule has 0 saturated carbocycles. The Morgan fingerprint density at radius 1 is 0.848 bits per heavy atom. The molecular weight excluding hydrogens is 582 g/mol. The van der Waals surface area contributed by atoms with E-state index in [4.69, 9.17) is 14.2 Å². The van der Waals surface area contributed by atoms with Gasteiger partial charge < -0.3 is 30.0 Å². The van der Waals surface area contributed by atoms with E-state index >= 15 is 0 Å². The highest BCUT2D eigenvalue weighted by molar-refractivity contribution is 5.76. The number of rotatable bonds is 14. The molecule has 0 aliphatic carbocycles. The van der Waals surface area contributed by atoms with Crippen molar-refractivity contribution in [3.05, 3.63) is 95.1 Å². The van der Waals surface area contributed by atoms with Crippen LogP contribution in [0.3, 0.4) is 0 Å². The number of hydrogen-bond acceptors (Lipinski definition) is 7. The molecular formula is C37H47N3O6. The van der Waals surface area contributed by atoms with Crippen LogP contribution in [0, 0.1) is 0 Å². The Bertz CT molecular complexity index is 1390. The van der Waals surface area contributed by atoms with Crippen molar-refractivity contribution in [2.75, 3.05) is 39.4 Å². The predicted octanol–water partition coefficient (Wildman–Crippen LogP) is 5.04. The van der Waals surface area contributed by atoms with Crippen molar-refractivity contribution in [3.8, 4) is 11.1 Å². The first-order valence-electron chi connectivity index (χ1n) is 16.5. The Kier molecular flexibility index (Phi) is 12.7. The third-order valence-corrected chi connectivity index (χ3v) is 8.57. The molecule has 2 heterocycles. The lowest BCUT2D eigenvalue weighted by Crippen LogP contribution is -2.44. The van der Waals surface area contributed by atoms with Crippen molar-refractivity contribution >= 4 is 11.8 Å². The second kappa shape index (κ2) is 17.4. The molecule has 3 aromatic rings. The van der Waals surface area contributed by atoms with Crippen molar-refractivity contribution in [1.82, 2.24) is 15.5 Å². The van der Waals surface area contributed by atoms with E-state index in [9.17, 15) is 14.7 Å². The molecule has 46 heavy (non-hydrogen) atoms. The van der Waals surface area contributed by atoms with E-state index in [-0.39, 0.29) is 30.6 Å². The Labute approximate surface area is 272 Å². The van der Waals surface area contributed by atoms with Crippen molar-refractivity contribution in [3.63, 3.8) is 0 Å². The van der Waals surface area contributed by atoms with Gasteiger partial charge in [-0.15, -0.1) is 0 Å². The number of hydrogen-bond donors (Lipinski definition) is 3. The Balaban J connectivity index is 1.19. The van der Waals surface area contributed by atoms with Gasteiger partial charge in [0.05, 0.1) is 32.0 Å². The standard InChI is InChI=1S/C37H47N3O6/c1-27(42)38-17-4-2-3-8-36(43)39-24-29-6-5-7-33(22-29)30-13-15-32(16-14-30)37-45-34(25-40-18-20-44-21-19-40)23-35(46-37)31-11-9-28(26-41)10-12-31/h5-7,9-16,22,34-35,37,41H,2-4,8,17-21,23-26H2,1H3,(H,38,42)(H,39,43)/t34-,35+,37+/m0/s1. The van der Waals surface area contributed by atoms with E-state index in [2.05, 4.69) is 51.9 Å². The highest BCUT2D eigenvalue weighted by atomic mass is 16.7. The monoisotopic (exact) mass is 629 g/mol. The number of carbonyl (C=O) groups excluding carboxylic acids is 2. The van der Waals surface area contributed by atoms with Crippen LogP contribution in [0.5, 0.6) is 0 Å². The van der Waals surface area contributed by atoms with Crippen LogP contribution in [0.1, 0.15) is 73.7 Å². The van der Waals surface area contributed by atoms with Crippen LogP contribution >= 0.6 is 0 Å². The Morgan fingerprint density at radius 3 is 2.35 bits per heavy atom. The predicted molar refractivity (Wildman–Crippen MR) is 177 cm³/mol. The lowest BCUT2D eigenvalue weighted by molar-refractivity contribution is -0.253. The van der Waals surface area contributed by atoms with Crippen molar-refractivity contribution in [2.45, 2.75) is 70.7 Å². The van der Waals surface area contributed by atoms with E-state index < -0.39 is 6.29 Å². The van der Waals surface area contributed by atoms with Gasteiger partial charge in [-0.3, -0.25) is 14.5 Å². The molecule has 9 heteroatoms. The van der Waals surface area contributed by atoms with Gasteiger partial charge in [0.1, 0.15) is 0 Å². The molecule has 2 aliphatic rings. The Morgan fingerprint density at radius 2 is 1.61 bits per heavy atom. The van der Waals surface area contributed by atoms with Crippen molar-refractivity contribution in [2.24, 2.45) is 0 Å². The molecule has 5 rings (SSSR count). The van der Waals surface area contributed by atoms with Crippen LogP contribution in [0.4, 0.5) is 0 Å². The third kappa shape index (κ3) is 10.2. The van der Waals surface area contributed by atoms with Crippen LogP contribution in [0.15, 0.2) is 72.8 Å². The molecule has 0 radical (unpaired) electrons. The van der Waals surface area contributed by atoms with Crippen LogP contribution < -0.4 is 10.6 Å². The second-order valence-electron chi connectivity index (χ2n) is 12.2. The minimum absolute atomic E-state index is 0.00896. The topological polar surface area (TPSA) is 109 Å². The number of nitrogens with one attached hydrogen (secondary N) is 2. The number of unbranched alkanes of at least 4 members (excludes halogenated alkanes) is 2. The minimum atomic E-state index is -0.497. The third-order valence-electron chi connectivity index (χ3n) is 8.57. The summed E-state index contributed by atoms with van der Waals surface area (Å²) in [5, 5.41) is 15.3. The summed E-state index contributed by atoms with van der Waals surface area (Å²) < 4.78 is 18.6. The summed E-state index contributed by atoms with van der Waals surface area (Å²) in [5.74, 6) is 0.0173. The molecule has 2 fully saturated rings. The molecule has 3 aromatic carbocycles. The maximum Gasteiger partial charge on any atom is 0.220 e. The fourth-order valence-corrected chi connectivity index (χ4v) is 5.94. The molecule has 0 bridgehead atoms. The van der Waals surface area contributed by atoms with Gasteiger partial charge >= 0.3 is 0 Å². The summed E-state index contributed by atoms with van der Waals surface area (Å²) in [6, 6.07) is 24.6. The zero-order chi connectivity index (χ0) is 32.1. The number of aliphatic hydroxyl groups excluding tert-OH is 1. The highest BCUT2D eigenvalue weighted by Gasteiger charge is 2.33. The second-order valence-corrected chi connectivity index (χ2v) is 12.2. The van der Waals surface area contributed by atoms with E-state index in [1.807, 2.05) is 36.4 Å². The fraction of sp³-hybridized carbons (Fsp3) is 0.459. The quantitative estimate of drug-likeness (QED) is 0.215. The average molecular weight is 630 g/mol. The van der Waals surface area contributed by atoms with Gasteiger partial charge in [0.2, 0.25) is 11.8 Å². The molecule has 246 valence electrons. The van der Waals surface area contributed by atoms with Crippen molar-refractivity contribution < 1.29 is 28.9 Å². The minimum Gasteiger partial charge on any atom is -0.392 e. The van der Waals surface area contributed by atoms with E-state index in [1.165, 1.54) is 6.92 Å². The highest BCUT2D eigenvalue weighted by Crippen LogP contribution is 2.38. The van der Waals surface area contributed by atoms with Crippen LogP contribution in [-0.4, -0.2) is 67.3 Å². The van der Waals surface area contributed by atoms with Crippen LogP contribution in [-0.2, 0) is 37.0 Å². The molecule has 2 saturated heterocycles. The lowest BCUT2D eigenvalue weighted by atomic mass is 9.99. The first-order chi connectivity index (χ1) is 22.5. The molecule has 9 nitrogen and oxygen atoms in total. The first-order valence-corrected chi connectivity index (χ1v) is 16.5. The zero-order valence-corrected chi connectivity index (χ0v) is 26.8. The van der Waals surface area contributed by atoms with Gasteiger partial charge in [0, 0.05) is 58.1 Å². The molecule has 2 aliphatic heterocycles. The number of ether oxygens (including phenoxy) is 3. The number of benzene rings is 3. The number of amides is 2. The maximum atomic E-state index is 12.4. The summed E-state index contributed by atoms with van der Waals surface area (Å²) in [7, 11) is 0. The molecule has 3 atom stereocenters. The molecule has 3 N–H and O–H groups in total. The van der Waals surface area contributed by atoms with Gasteiger partial charge in [-0.05, 0) is 46.7 Å². The number of carbonyl (C=O) groups is 2. The van der Waals surface area contributed by atoms with Gasteiger partial charge in [0.25, 0.3) is 0 Å². The van der Waals surface area contributed by atoms with Gasteiger partial charge in [-0.1, -0.05) is 73.2 Å². The number of morpholine rings is 1. The summed E-state index contributed by atoms with van der Waals surface area (Å²) in [6.45, 7) is 6.79.